The first-order valence-electron chi connectivity index (χ1n) is 9.07. The van der Waals surface area contributed by atoms with Crippen LogP contribution in [0.3, 0.4) is 0 Å². The maximum atomic E-state index is 13.9. The van der Waals surface area contributed by atoms with Gasteiger partial charge in [0.1, 0.15) is 11.6 Å². The highest BCUT2D eigenvalue weighted by Crippen LogP contribution is 2.17. The third-order valence-electron chi connectivity index (χ3n) is 4.75. The van der Waals surface area contributed by atoms with E-state index in [9.17, 15) is 9.18 Å². The van der Waals surface area contributed by atoms with Crippen LogP contribution in [-0.2, 0) is 13.1 Å². The van der Waals surface area contributed by atoms with Gasteiger partial charge in [-0.25, -0.2) is 4.39 Å². The Morgan fingerprint density at radius 2 is 1.77 bits per heavy atom. The highest BCUT2D eigenvalue weighted by molar-refractivity contribution is 5.94. The number of hydrogen-bond acceptors (Lipinski definition) is 3. The average molecular weight is 356 g/mol. The zero-order valence-electron chi connectivity index (χ0n) is 15.1. The van der Waals surface area contributed by atoms with Crippen molar-refractivity contribution in [3.05, 3.63) is 65.0 Å². The molecule has 4 nitrogen and oxygen atoms in total. The molecule has 0 unspecified atom stereocenters. The molecule has 1 saturated heterocycles. The third kappa shape index (κ3) is 4.82. The van der Waals surface area contributed by atoms with Crippen LogP contribution in [0.2, 0.25) is 0 Å². The van der Waals surface area contributed by atoms with E-state index in [-0.39, 0.29) is 5.56 Å². The lowest BCUT2D eigenvalue weighted by Gasteiger charge is -2.26. The molecule has 0 spiro atoms. The predicted molar refractivity (Wildman–Crippen MR) is 99.7 cm³/mol. The number of piperidine rings is 1. The minimum absolute atomic E-state index is 0.0209. The maximum Gasteiger partial charge on any atom is 0.254 e. The number of carbonyl (C=O) groups is 1. The largest absolute Gasteiger partial charge is 0.497 e. The zero-order chi connectivity index (χ0) is 18.4. The number of likely N-dealkylation sites (tertiary alicyclic amines) is 1. The molecule has 1 aliphatic heterocycles. The van der Waals surface area contributed by atoms with E-state index in [1.165, 1.54) is 57.2 Å². The van der Waals surface area contributed by atoms with Crippen LogP contribution in [0.1, 0.15) is 40.7 Å². The van der Waals surface area contributed by atoms with E-state index in [0.717, 1.165) is 12.1 Å². The van der Waals surface area contributed by atoms with Gasteiger partial charge in [-0.2, -0.15) is 0 Å². The fraction of sp³-hybridized carbons (Fsp3) is 0.381. The molecule has 0 atom stereocenters. The van der Waals surface area contributed by atoms with E-state index in [4.69, 9.17) is 4.74 Å². The van der Waals surface area contributed by atoms with Crippen molar-refractivity contribution in [2.75, 3.05) is 20.2 Å². The normalized spacial score (nSPS) is 14.8. The molecule has 1 fully saturated rings. The van der Waals surface area contributed by atoms with Crippen LogP contribution in [0, 0.1) is 5.82 Å². The average Bonchev–Trinajstić information content (AvgIpc) is 2.68. The number of carbonyl (C=O) groups excluding carboxylic acids is 1. The van der Waals surface area contributed by atoms with Crippen molar-refractivity contribution in [2.45, 2.75) is 32.4 Å². The van der Waals surface area contributed by atoms with Crippen molar-refractivity contribution in [2.24, 2.45) is 0 Å². The molecule has 1 N–H and O–H groups in total. The summed E-state index contributed by atoms with van der Waals surface area (Å²) in [4.78, 5) is 14.6. The molecule has 1 heterocycles. The molecule has 0 saturated carbocycles. The second-order valence-electron chi connectivity index (χ2n) is 6.68. The Labute approximate surface area is 154 Å². The summed E-state index contributed by atoms with van der Waals surface area (Å²) in [5, 5.41) is 2.76. The zero-order valence-corrected chi connectivity index (χ0v) is 15.1. The highest BCUT2D eigenvalue weighted by Gasteiger charge is 2.13. The first-order chi connectivity index (χ1) is 12.7. The summed E-state index contributed by atoms with van der Waals surface area (Å²) < 4.78 is 18.9. The quantitative estimate of drug-likeness (QED) is 0.857. The van der Waals surface area contributed by atoms with Crippen LogP contribution in [-0.4, -0.2) is 31.0 Å². The lowest BCUT2D eigenvalue weighted by Crippen LogP contribution is -2.29. The predicted octanol–water partition coefficient (Wildman–Crippen LogP) is 3.75. The molecule has 1 amide bonds. The summed E-state index contributed by atoms with van der Waals surface area (Å²) in [6.45, 7) is 3.69. The lowest BCUT2D eigenvalue weighted by molar-refractivity contribution is 0.0947. The second kappa shape index (κ2) is 8.81. The number of benzene rings is 2. The number of hydrogen-bond donors (Lipinski definition) is 1. The topological polar surface area (TPSA) is 41.6 Å². The monoisotopic (exact) mass is 356 g/mol. The maximum absolute atomic E-state index is 13.9. The standard InChI is InChI=1S/C21H25FN2O2/c1-26-18-9-10-19(20(22)13-18)21(25)23-14-16-5-7-17(8-6-16)15-24-11-3-2-4-12-24/h5-10,13H,2-4,11-12,14-15H2,1H3,(H,23,25). The Kier molecular flexibility index (Phi) is 6.23. The Hall–Kier alpha value is -2.40. The molecule has 0 aliphatic carbocycles. The number of nitrogens with one attached hydrogen (secondary N) is 1. The van der Waals surface area contributed by atoms with Crippen LogP contribution >= 0.6 is 0 Å². The first kappa shape index (κ1) is 18.4. The molecule has 3 rings (SSSR count). The van der Waals surface area contributed by atoms with Crippen LogP contribution in [0.4, 0.5) is 4.39 Å². The lowest BCUT2D eigenvalue weighted by atomic mass is 10.1. The minimum Gasteiger partial charge on any atom is -0.497 e. The molecule has 0 radical (unpaired) electrons. The van der Waals surface area contributed by atoms with Gasteiger partial charge >= 0.3 is 0 Å². The van der Waals surface area contributed by atoms with Gasteiger partial charge in [0.2, 0.25) is 0 Å². The molecular formula is C21H25FN2O2. The molecule has 0 bridgehead atoms. The van der Waals surface area contributed by atoms with Crippen LogP contribution < -0.4 is 10.1 Å². The summed E-state index contributed by atoms with van der Waals surface area (Å²) in [7, 11) is 1.46. The van der Waals surface area contributed by atoms with Crippen molar-refractivity contribution in [3.63, 3.8) is 0 Å². The SMILES string of the molecule is COc1ccc(C(=O)NCc2ccc(CN3CCCCC3)cc2)c(F)c1. The smallest absolute Gasteiger partial charge is 0.254 e. The van der Waals surface area contributed by atoms with Crippen LogP contribution in [0.15, 0.2) is 42.5 Å². The molecule has 5 heteroatoms. The van der Waals surface area contributed by atoms with Crippen LogP contribution in [0.25, 0.3) is 0 Å². The summed E-state index contributed by atoms with van der Waals surface area (Å²) in [6.07, 6.45) is 3.90. The van der Waals surface area contributed by atoms with E-state index in [1.54, 1.807) is 6.07 Å². The van der Waals surface area contributed by atoms with Gasteiger partial charge in [0.15, 0.2) is 0 Å². The van der Waals surface area contributed by atoms with Crippen molar-refractivity contribution in [1.29, 1.82) is 0 Å². The van der Waals surface area contributed by atoms with E-state index in [2.05, 4.69) is 22.3 Å². The number of ether oxygens (including phenoxy) is 1. The van der Waals surface area contributed by atoms with Gasteiger partial charge < -0.3 is 10.1 Å². The fourth-order valence-electron chi connectivity index (χ4n) is 3.22. The van der Waals surface area contributed by atoms with Gasteiger partial charge in [0.25, 0.3) is 5.91 Å². The number of halogens is 1. The number of methoxy groups -OCH3 is 1. The second-order valence-corrected chi connectivity index (χ2v) is 6.68. The van der Waals surface area contributed by atoms with Crippen LogP contribution in [0.5, 0.6) is 5.75 Å². The molecule has 2 aromatic carbocycles. The van der Waals surface area contributed by atoms with Gasteiger partial charge in [-0.1, -0.05) is 30.7 Å². The van der Waals surface area contributed by atoms with E-state index in [0.29, 0.717) is 12.3 Å². The van der Waals surface area contributed by atoms with Crippen molar-refractivity contribution in [3.8, 4) is 5.75 Å². The number of nitrogens with zero attached hydrogens (tertiary/aromatic N) is 1. The molecule has 1 aliphatic rings. The molecule has 26 heavy (non-hydrogen) atoms. The van der Waals surface area contributed by atoms with E-state index >= 15 is 0 Å². The Bertz CT molecular complexity index is 740. The Morgan fingerprint density at radius 3 is 2.42 bits per heavy atom. The van der Waals surface area contributed by atoms with Gasteiger partial charge in [0, 0.05) is 19.2 Å². The summed E-state index contributed by atoms with van der Waals surface area (Å²) in [6, 6.07) is 12.5. The number of amides is 1. The molecule has 0 aromatic heterocycles. The fourth-order valence-corrected chi connectivity index (χ4v) is 3.22. The highest BCUT2D eigenvalue weighted by atomic mass is 19.1. The van der Waals surface area contributed by atoms with Gasteiger partial charge in [-0.15, -0.1) is 0 Å². The Morgan fingerprint density at radius 1 is 1.08 bits per heavy atom. The van der Waals surface area contributed by atoms with E-state index in [1.807, 2.05) is 12.1 Å². The summed E-state index contributed by atoms with van der Waals surface area (Å²) in [5.74, 6) is -0.621. The first-order valence-corrected chi connectivity index (χ1v) is 9.07. The summed E-state index contributed by atoms with van der Waals surface area (Å²) in [5.41, 5.74) is 2.30. The number of rotatable bonds is 6. The Balaban J connectivity index is 1.53. The summed E-state index contributed by atoms with van der Waals surface area (Å²) >= 11 is 0. The molecule has 2 aromatic rings. The van der Waals surface area contributed by atoms with Gasteiger partial charge in [0.05, 0.1) is 12.7 Å². The van der Waals surface area contributed by atoms with Crippen molar-refractivity contribution < 1.29 is 13.9 Å². The molecular weight excluding hydrogens is 331 g/mol. The van der Waals surface area contributed by atoms with E-state index < -0.39 is 11.7 Å². The third-order valence-corrected chi connectivity index (χ3v) is 4.75. The minimum atomic E-state index is -0.585. The van der Waals surface area contributed by atoms with Crippen molar-refractivity contribution in [1.82, 2.24) is 10.2 Å². The van der Waals surface area contributed by atoms with Crippen molar-refractivity contribution >= 4 is 5.91 Å². The van der Waals surface area contributed by atoms with Gasteiger partial charge in [-0.3, -0.25) is 9.69 Å². The molecule has 138 valence electrons. The van der Waals surface area contributed by atoms with Gasteiger partial charge in [-0.05, 0) is 49.2 Å².